The van der Waals surface area contributed by atoms with Crippen molar-refractivity contribution in [1.29, 1.82) is 0 Å². The molecule has 1 atom stereocenters. The zero-order chi connectivity index (χ0) is 14.1. The van der Waals surface area contributed by atoms with Crippen molar-refractivity contribution >= 4 is 11.9 Å². The van der Waals surface area contributed by atoms with Gasteiger partial charge in [0, 0.05) is 32.7 Å². The van der Waals surface area contributed by atoms with E-state index in [-0.39, 0.29) is 30.9 Å². The van der Waals surface area contributed by atoms with Crippen LogP contribution < -0.4 is 5.73 Å². The summed E-state index contributed by atoms with van der Waals surface area (Å²) >= 11 is 0. The number of aliphatic carboxylic acids is 1. The molecule has 0 bridgehead atoms. The third kappa shape index (κ3) is 6.56. The summed E-state index contributed by atoms with van der Waals surface area (Å²) in [5.41, 5.74) is 5.47. The average molecular weight is 260 g/mol. The number of ether oxygens (including phenoxy) is 1. The van der Waals surface area contributed by atoms with Gasteiger partial charge in [-0.2, -0.15) is 0 Å². The van der Waals surface area contributed by atoms with Gasteiger partial charge >= 0.3 is 5.97 Å². The maximum Gasteiger partial charge on any atom is 0.303 e. The predicted octanol–water partition coefficient (Wildman–Crippen LogP) is 0.452. The Morgan fingerprint density at radius 3 is 2.39 bits per heavy atom. The summed E-state index contributed by atoms with van der Waals surface area (Å²) in [5.74, 6) is -0.893. The third-order valence-electron chi connectivity index (χ3n) is 2.73. The zero-order valence-electron chi connectivity index (χ0n) is 11.4. The molecule has 0 aliphatic carbocycles. The van der Waals surface area contributed by atoms with Gasteiger partial charge in [-0.1, -0.05) is 0 Å². The maximum absolute atomic E-state index is 12.0. The molecule has 0 saturated carbocycles. The summed E-state index contributed by atoms with van der Waals surface area (Å²) in [5, 5.41) is 8.59. The monoisotopic (exact) mass is 260 g/mol. The van der Waals surface area contributed by atoms with E-state index < -0.39 is 5.97 Å². The fourth-order valence-electron chi connectivity index (χ4n) is 1.65. The summed E-state index contributed by atoms with van der Waals surface area (Å²) in [6.45, 7) is 4.55. The van der Waals surface area contributed by atoms with Crippen LogP contribution in [0.4, 0.5) is 0 Å². The smallest absolute Gasteiger partial charge is 0.303 e. The highest BCUT2D eigenvalue weighted by atomic mass is 16.5. The van der Waals surface area contributed by atoms with Crippen LogP contribution in [0.3, 0.4) is 0 Å². The molecule has 1 amide bonds. The van der Waals surface area contributed by atoms with Crippen LogP contribution in [0.2, 0.25) is 0 Å². The van der Waals surface area contributed by atoms with Crippen LogP contribution >= 0.6 is 0 Å². The quantitative estimate of drug-likeness (QED) is 0.628. The molecule has 0 heterocycles. The minimum Gasteiger partial charge on any atom is -0.481 e. The number of methoxy groups -OCH3 is 1. The van der Waals surface area contributed by atoms with Crippen molar-refractivity contribution < 1.29 is 19.4 Å². The van der Waals surface area contributed by atoms with Crippen LogP contribution in [0.25, 0.3) is 0 Å². The van der Waals surface area contributed by atoms with Crippen LogP contribution in [0.15, 0.2) is 0 Å². The van der Waals surface area contributed by atoms with E-state index in [9.17, 15) is 9.59 Å². The Kier molecular flexibility index (Phi) is 8.32. The van der Waals surface area contributed by atoms with E-state index in [4.69, 9.17) is 15.6 Å². The van der Waals surface area contributed by atoms with Crippen LogP contribution in [-0.4, -0.2) is 54.2 Å². The number of carbonyl (C=O) groups excluding carboxylic acids is 1. The number of nitrogens with two attached hydrogens (primary N) is 1. The summed E-state index contributed by atoms with van der Waals surface area (Å²) < 4.78 is 5.08. The number of hydrogen-bond donors (Lipinski definition) is 2. The molecule has 0 saturated heterocycles. The number of carboxylic acid groups (broad SMARTS) is 1. The van der Waals surface area contributed by atoms with E-state index in [1.807, 2.05) is 13.8 Å². The third-order valence-corrected chi connectivity index (χ3v) is 2.73. The minimum atomic E-state index is -0.845. The fourth-order valence-corrected chi connectivity index (χ4v) is 1.65. The standard InChI is InChI=1S/C12H24N2O4/c1-9(2)14(6-4-5-12(16)17)11(15)7-10(8-13)18-3/h9-10H,4-8,13H2,1-3H3,(H,16,17). The van der Waals surface area contributed by atoms with Gasteiger partial charge in [0.15, 0.2) is 0 Å². The summed E-state index contributed by atoms with van der Waals surface area (Å²) in [6.07, 6.45) is 0.483. The Balaban J connectivity index is 4.31. The van der Waals surface area contributed by atoms with Crippen LogP contribution in [0, 0.1) is 0 Å². The van der Waals surface area contributed by atoms with Gasteiger partial charge in [0.25, 0.3) is 0 Å². The lowest BCUT2D eigenvalue weighted by Crippen LogP contribution is -2.40. The predicted molar refractivity (Wildman–Crippen MR) is 68.2 cm³/mol. The molecule has 6 nitrogen and oxygen atoms in total. The molecule has 0 aromatic carbocycles. The first kappa shape index (κ1) is 16.9. The SMILES string of the molecule is COC(CN)CC(=O)N(CCCC(=O)O)C(C)C. The van der Waals surface area contributed by atoms with Crippen LogP contribution in [0.1, 0.15) is 33.1 Å². The van der Waals surface area contributed by atoms with E-state index in [0.717, 1.165) is 0 Å². The van der Waals surface area contributed by atoms with Gasteiger partial charge in [-0.15, -0.1) is 0 Å². The molecule has 1 unspecified atom stereocenters. The van der Waals surface area contributed by atoms with Gasteiger partial charge in [0.2, 0.25) is 5.91 Å². The number of hydrogen-bond acceptors (Lipinski definition) is 4. The van der Waals surface area contributed by atoms with Gasteiger partial charge in [-0.25, -0.2) is 0 Å². The second-order valence-electron chi connectivity index (χ2n) is 4.48. The average Bonchev–Trinajstić information content (AvgIpc) is 2.30. The number of amides is 1. The Bertz CT molecular complexity index is 265. The van der Waals surface area contributed by atoms with Gasteiger partial charge < -0.3 is 20.5 Å². The molecule has 0 aromatic rings. The van der Waals surface area contributed by atoms with Crippen molar-refractivity contribution in [3.63, 3.8) is 0 Å². The van der Waals surface area contributed by atoms with Crippen molar-refractivity contribution in [1.82, 2.24) is 4.90 Å². The minimum absolute atomic E-state index is 0.0431. The molecule has 18 heavy (non-hydrogen) atoms. The number of carboxylic acids is 1. The normalized spacial score (nSPS) is 12.5. The Hall–Kier alpha value is -1.14. The van der Waals surface area contributed by atoms with Gasteiger partial charge in [-0.3, -0.25) is 9.59 Å². The number of carbonyl (C=O) groups is 2. The fraction of sp³-hybridized carbons (Fsp3) is 0.833. The van der Waals surface area contributed by atoms with Gasteiger partial charge in [-0.05, 0) is 20.3 Å². The van der Waals surface area contributed by atoms with Crippen molar-refractivity contribution in [3.05, 3.63) is 0 Å². The van der Waals surface area contributed by atoms with E-state index in [2.05, 4.69) is 0 Å². The largest absolute Gasteiger partial charge is 0.481 e. The van der Waals surface area contributed by atoms with Gasteiger partial charge in [0.05, 0.1) is 12.5 Å². The zero-order valence-corrected chi connectivity index (χ0v) is 11.4. The molecule has 3 N–H and O–H groups in total. The van der Waals surface area contributed by atoms with Crippen LogP contribution in [0.5, 0.6) is 0 Å². The molecule has 0 rings (SSSR count). The summed E-state index contributed by atoms with van der Waals surface area (Å²) in [7, 11) is 1.52. The van der Waals surface area contributed by atoms with E-state index in [1.54, 1.807) is 4.90 Å². The Morgan fingerprint density at radius 1 is 1.39 bits per heavy atom. The highest BCUT2D eigenvalue weighted by molar-refractivity contribution is 5.77. The van der Waals surface area contributed by atoms with Crippen LogP contribution in [-0.2, 0) is 14.3 Å². The Morgan fingerprint density at radius 2 is 2.00 bits per heavy atom. The first-order valence-electron chi connectivity index (χ1n) is 6.16. The molecule has 0 fully saturated rings. The highest BCUT2D eigenvalue weighted by Crippen LogP contribution is 2.07. The molecule has 6 heteroatoms. The molecule has 0 spiro atoms. The lowest BCUT2D eigenvalue weighted by atomic mass is 10.2. The lowest BCUT2D eigenvalue weighted by Gasteiger charge is -2.28. The second-order valence-corrected chi connectivity index (χ2v) is 4.48. The molecule has 106 valence electrons. The summed E-state index contributed by atoms with van der Waals surface area (Å²) in [4.78, 5) is 24.2. The van der Waals surface area contributed by atoms with Crippen molar-refractivity contribution in [2.45, 2.75) is 45.3 Å². The maximum atomic E-state index is 12.0. The van der Waals surface area contributed by atoms with E-state index in [0.29, 0.717) is 19.5 Å². The van der Waals surface area contributed by atoms with Crippen molar-refractivity contribution in [3.8, 4) is 0 Å². The van der Waals surface area contributed by atoms with E-state index in [1.165, 1.54) is 7.11 Å². The lowest BCUT2D eigenvalue weighted by molar-refractivity contribution is -0.139. The van der Waals surface area contributed by atoms with E-state index >= 15 is 0 Å². The topological polar surface area (TPSA) is 92.9 Å². The molecule has 0 aromatic heterocycles. The van der Waals surface area contributed by atoms with Crippen molar-refractivity contribution in [2.75, 3.05) is 20.2 Å². The number of nitrogens with zero attached hydrogens (tertiary/aromatic N) is 1. The number of rotatable bonds is 9. The molecular weight excluding hydrogens is 236 g/mol. The first-order valence-corrected chi connectivity index (χ1v) is 6.16. The molecular formula is C12H24N2O4. The molecule has 0 radical (unpaired) electrons. The summed E-state index contributed by atoms with van der Waals surface area (Å²) in [6, 6.07) is 0.0431. The van der Waals surface area contributed by atoms with Crippen molar-refractivity contribution in [2.24, 2.45) is 5.73 Å². The molecule has 0 aliphatic heterocycles. The highest BCUT2D eigenvalue weighted by Gasteiger charge is 2.20. The second kappa shape index (κ2) is 8.88. The van der Waals surface area contributed by atoms with Gasteiger partial charge in [0.1, 0.15) is 0 Å². The Labute approximate surface area is 108 Å². The molecule has 0 aliphatic rings. The first-order chi connectivity index (χ1) is 8.42.